The van der Waals surface area contributed by atoms with Crippen LogP contribution in [0.3, 0.4) is 0 Å². The minimum absolute atomic E-state index is 0.0157. The molecule has 11 nitrogen and oxygen atoms in total. The standard InChI is InChI=1S/C24H38NO10P/c1-3-5-7-9-11-13-15-22(26)32-17-20(35-23(27)16-14-12-10-8-6-4-2)18-33-36(30,31)34-19-21(25)24(28)29/h5-8,11-14,20-21H,3-4,9-10,15-19,25H2,1-2H3,(H,28,29)(H,30,31)/p-1. The van der Waals surface area contributed by atoms with Crippen LogP contribution in [0.15, 0.2) is 48.6 Å². The van der Waals surface area contributed by atoms with Crippen molar-refractivity contribution in [2.24, 2.45) is 5.73 Å². The molecule has 0 aromatic carbocycles. The molecule has 0 aliphatic carbocycles. The van der Waals surface area contributed by atoms with Gasteiger partial charge in [-0.05, 0) is 25.7 Å². The van der Waals surface area contributed by atoms with E-state index in [1.807, 2.05) is 38.2 Å². The van der Waals surface area contributed by atoms with Gasteiger partial charge in [-0.15, -0.1) is 0 Å². The summed E-state index contributed by atoms with van der Waals surface area (Å²) in [5, 5.41) is 10.6. The average Bonchev–Trinajstić information content (AvgIpc) is 2.83. The number of esters is 2. The number of allylic oxidation sites excluding steroid dienone is 6. The summed E-state index contributed by atoms with van der Waals surface area (Å²) in [6, 6.07) is -1.65. The molecule has 0 heterocycles. The van der Waals surface area contributed by atoms with Crippen molar-refractivity contribution in [3.05, 3.63) is 48.6 Å². The molecule has 0 bridgehead atoms. The number of carboxylic acids is 1. The number of hydrogen-bond donors (Lipinski definition) is 2. The number of rotatable bonds is 20. The van der Waals surface area contributed by atoms with Crippen LogP contribution in [0.1, 0.15) is 52.4 Å². The fraction of sp³-hybridized carbons (Fsp3) is 0.542. The van der Waals surface area contributed by atoms with E-state index in [1.54, 1.807) is 24.3 Å². The van der Waals surface area contributed by atoms with Crippen LogP contribution in [0.2, 0.25) is 0 Å². The molecule has 12 heteroatoms. The van der Waals surface area contributed by atoms with Gasteiger partial charge in [0.25, 0.3) is 0 Å². The Kier molecular flexibility index (Phi) is 19.1. The Morgan fingerprint density at radius 1 is 0.833 bits per heavy atom. The third-order valence-electron chi connectivity index (χ3n) is 4.12. The topological polar surface area (TPSA) is 175 Å². The van der Waals surface area contributed by atoms with Gasteiger partial charge >= 0.3 is 19.8 Å². The number of ether oxygens (including phenoxy) is 2. The van der Waals surface area contributed by atoms with Crippen molar-refractivity contribution in [1.29, 1.82) is 0 Å². The summed E-state index contributed by atoms with van der Waals surface area (Å²) < 4.78 is 31.5. The summed E-state index contributed by atoms with van der Waals surface area (Å²) in [5.41, 5.74) is 5.16. The van der Waals surface area contributed by atoms with E-state index in [4.69, 9.17) is 19.7 Å². The molecule has 0 spiro atoms. The Morgan fingerprint density at radius 3 is 1.86 bits per heavy atom. The maximum atomic E-state index is 12.1. The SMILES string of the molecule is CCC=CCC=CCC(=O)OCC(COP(=O)(O)OCC(N)C(=O)[O-])OC(=O)CC=CCC=CCC. The minimum Gasteiger partial charge on any atom is -0.548 e. The van der Waals surface area contributed by atoms with E-state index < -0.39 is 57.7 Å². The molecule has 0 fully saturated rings. The van der Waals surface area contributed by atoms with E-state index >= 15 is 0 Å². The summed E-state index contributed by atoms with van der Waals surface area (Å²) >= 11 is 0. The van der Waals surface area contributed by atoms with E-state index in [1.165, 1.54) is 0 Å². The smallest absolute Gasteiger partial charge is 0.472 e. The molecule has 3 atom stereocenters. The molecule has 0 aliphatic heterocycles. The predicted octanol–water partition coefficient (Wildman–Crippen LogP) is 2.26. The molecule has 0 aromatic rings. The fourth-order valence-corrected chi connectivity index (χ4v) is 3.06. The fourth-order valence-electron chi connectivity index (χ4n) is 2.29. The number of phosphoric ester groups is 1. The Hall–Kier alpha value is -2.56. The lowest BCUT2D eigenvalue weighted by Crippen LogP contribution is -2.44. The molecule has 0 aromatic heterocycles. The molecule has 3 unspecified atom stereocenters. The highest BCUT2D eigenvalue weighted by Crippen LogP contribution is 2.43. The first-order valence-electron chi connectivity index (χ1n) is 11.6. The monoisotopic (exact) mass is 530 g/mol. The second-order valence-corrected chi connectivity index (χ2v) is 8.82. The Bertz CT molecular complexity index is 822. The van der Waals surface area contributed by atoms with Gasteiger partial charge in [-0.25, -0.2) is 4.57 Å². The van der Waals surface area contributed by atoms with E-state index in [0.717, 1.165) is 12.8 Å². The van der Waals surface area contributed by atoms with Gasteiger partial charge in [0.2, 0.25) is 0 Å². The molecule has 3 N–H and O–H groups in total. The van der Waals surface area contributed by atoms with Crippen LogP contribution in [-0.4, -0.2) is 54.8 Å². The second-order valence-electron chi connectivity index (χ2n) is 7.36. The number of aliphatic carboxylic acids is 1. The van der Waals surface area contributed by atoms with Gasteiger partial charge in [0.05, 0.1) is 38.1 Å². The number of carbonyl (C=O) groups excluding carboxylic acids is 3. The van der Waals surface area contributed by atoms with Crippen LogP contribution in [0.5, 0.6) is 0 Å². The van der Waals surface area contributed by atoms with Crippen LogP contribution in [0.25, 0.3) is 0 Å². The third-order valence-corrected chi connectivity index (χ3v) is 5.07. The van der Waals surface area contributed by atoms with Gasteiger partial charge in [0.1, 0.15) is 6.61 Å². The zero-order chi connectivity index (χ0) is 27.2. The Labute approximate surface area is 212 Å². The van der Waals surface area contributed by atoms with Gasteiger partial charge in [-0.1, -0.05) is 62.5 Å². The first-order valence-corrected chi connectivity index (χ1v) is 13.1. The van der Waals surface area contributed by atoms with Crippen LogP contribution >= 0.6 is 7.82 Å². The molecule has 0 saturated carbocycles. The summed E-state index contributed by atoms with van der Waals surface area (Å²) in [6.45, 7) is 2.08. The zero-order valence-electron chi connectivity index (χ0n) is 20.8. The molecule has 204 valence electrons. The van der Waals surface area contributed by atoms with Crippen LogP contribution in [0.4, 0.5) is 0 Å². The predicted molar refractivity (Wildman–Crippen MR) is 131 cm³/mol. The second kappa shape index (κ2) is 20.6. The molecule has 0 saturated heterocycles. The first kappa shape index (κ1) is 33.4. The van der Waals surface area contributed by atoms with Gasteiger partial charge in [-0.2, -0.15) is 0 Å². The van der Waals surface area contributed by atoms with Crippen molar-refractivity contribution in [1.82, 2.24) is 0 Å². The van der Waals surface area contributed by atoms with Gasteiger partial charge in [0.15, 0.2) is 6.10 Å². The summed E-state index contributed by atoms with van der Waals surface area (Å²) in [4.78, 5) is 44.4. The highest BCUT2D eigenvalue weighted by Gasteiger charge is 2.27. The molecule has 0 radical (unpaired) electrons. The van der Waals surface area contributed by atoms with Crippen molar-refractivity contribution >= 4 is 25.7 Å². The lowest BCUT2D eigenvalue weighted by atomic mass is 10.3. The maximum Gasteiger partial charge on any atom is 0.472 e. The lowest BCUT2D eigenvalue weighted by molar-refractivity contribution is -0.308. The van der Waals surface area contributed by atoms with Crippen LogP contribution in [-0.2, 0) is 37.5 Å². The third kappa shape index (κ3) is 19.7. The summed E-state index contributed by atoms with van der Waals surface area (Å²) in [5.74, 6) is -2.95. The van der Waals surface area contributed by atoms with E-state index in [-0.39, 0.29) is 12.8 Å². The normalized spacial score (nSPS) is 15.4. The number of nitrogens with two attached hydrogens (primary N) is 1. The maximum absolute atomic E-state index is 12.1. The largest absolute Gasteiger partial charge is 0.548 e. The zero-order valence-corrected chi connectivity index (χ0v) is 21.7. The average molecular weight is 531 g/mol. The molecule has 0 aliphatic rings. The highest BCUT2D eigenvalue weighted by molar-refractivity contribution is 7.47. The number of carboxylic acid groups (broad SMARTS) is 1. The van der Waals surface area contributed by atoms with Crippen molar-refractivity contribution in [3.63, 3.8) is 0 Å². The highest BCUT2D eigenvalue weighted by atomic mass is 31.2. The quantitative estimate of drug-likeness (QED) is 0.134. The molecule has 0 rings (SSSR count). The number of carbonyl (C=O) groups is 3. The van der Waals surface area contributed by atoms with Gasteiger partial charge < -0.3 is 30.0 Å². The molecule has 36 heavy (non-hydrogen) atoms. The van der Waals surface area contributed by atoms with Crippen LogP contribution < -0.4 is 10.8 Å². The van der Waals surface area contributed by atoms with Crippen molar-refractivity contribution in [3.8, 4) is 0 Å². The van der Waals surface area contributed by atoms with E-state index in [9.17, 15) is 28.9 Å². The number of phosphoric acid groups is 1. The molecule has 0 amide bonds. The lowest BCUT2D eigenvalue weighted by Gasteiger charge is -2.20. The Balaban J connectivity index is 4.88. The minimum atomic E-state index is -4.74. The molecular weight excluding hydrogens is 493 g/mol. The van der Waals surface area contributed by atoms with Crippen molar-refractivity contribution in [2.75, 3.05) is 19.8 Å². The number of hydrogen-bond acceptors (Lipinski definition) is 10. The van der Waals surface area contributed by atoms with Crippen LogP contribution in [0, 0.1) is 0 Å². The Morgan fingerprint density at radius 2 is 1.33 bits per heavy atom. The summed E-state index contributed by atoms with van der Waals surface area (Å²) in [6.07, 6.45) is 16.5. The molecular formula is C24H37NO10P-. The van der Waals surface area contributed by atoms with Crippen molar-refractivity contribution < 1.29 is 47.5 Å². The van der Waals surface area contributed by atoms with E-state index in [2.05, 4.69) is 4.52 Å². The summed E-state index contributed by atoms with van der Waals surface area (Å²) in [7, 11) is -4.74. The first-order chi connectivity index (χ1) is 17.1. The van der Waals surface area contributed by atoms with Gasteiger partial charge in [-0.3, -0.25) is 18.6 Å². The van der Waals surface area contributed by atoms with E-state index in [0.29, 0.717) is 12.8 Å². The van der Waals surface area contributed by atoms with Gasteiger partial charge in [0, 0.05) is 0 Å². The van der Waals surface area contributed by atoms with Crippen molar-refractivity contribution in [2.45, 2.75) is 64.5 Å².